The van der Waals surface area contributed by atoms with Crippen molar-refractivity contribution in [1.29, 1.82) is 0 Å². The highest BCUT2D eigenvalue weighted by molar-refractivity contribution is 5.13. The molecule has 0 saturated heterocycles. The Bertz CT molecular complexity index is 401. The van der Waals surface area contributed by atoms with E-state index in [9.17, 15) is 0 Å². The van der Waals surface area contributed by atoms with E-state index >= 15 is 0 Å². The van der Waals surface area contributed by atoms with Gasteiger partial charge in [0.2, 0.25) is 0 Å². The zero-order chi connectivity index (χ0) is 13.1. The van der Waals surface area contributed by atoms with Crippen LogP contribution in [0, 0.1) is 12.8 Å². The maximum Gasteiger partial charge on any atom is 0.131 e. The first-order valence-electron chi connectivity index (χ1n) is 7.14. The highest BCUT2D eigenvalue weighted by Gasteiger charge is 2.23. The van der Waals surface area contributed by atoms with E-state index in [1.165, 1.54) is 25.7 Å². The number of nitrogens with two attached hydrogens (primary N) is 1. The fraction of sp³-hybridized carbons (Fsp3) is 0.733. The first-order valence-corrected chi connectivity index (χ1v) is 7.14. The Morgan fingerprint density at radius 3 is 2.83 bits per heavy atom. The molecule has 1 aromatic rings. The van der Waals surface area contributed by atoms with Crippen molar-refractivity contribution in [1.82, 2.24) is 9.97 Å². The molecule has 0 aliphatic heterocycles. The quantitative estimate of drug-likeness (QED) is 0.893. The number of aromatic nitrogens is 2. The van der Waals surface area contributed by atoms with Crippen LogP contribution in [-0.2, 0) is 6.42 Å². The van der Waals surface area contributed by atoms with Gasteiger partial charge in [-0.3, -0.25) is 0 Å². The molecular weight excluding hydrogens is 222 g/mol. The molecule has 0 radical (unpaired) electrons. The Hall–Kier alpha value is -0.960. The van der Waals surface area contributed by atoms with Crippen molar-refractivity contribution in [2.75, 3.05) is 0 Å². The summed E-state index contributed by atoms with van der Waals surface area (Å²) < 4.78 is 0. The van der Waals surface area contributed by atoms with Gasteiger partial charge < -0.3 is 5.73 Å². The first-order chi connectivity index (χ1) is 8.54. The summed E-state index contributed by atoms with van der Waals surface area (Å²) in [6.45, 7) is 6.42. The molecule has 3 heteroatoms. The molecule has 1 aliphatic carbocycles. The van der Waals surface area contributed by atoms with Crippen LogP contribution in [0.5, 0.6) is 0 Å². The van der Waals surface area contributed by atoms with Crippen molar-refractivity contribution in [3.63, 3.8) is 0 Å². The van der Waals surface area contributed by atoms with Crippen LogP contribution in [-0.4, -0.2) is 16.0 Å². The van der Waals surface area contributed by atoms with Crippen molar-refractivity contribution >= 4 is 0 Å². The van der Waals surface area contributed by atoms with E-state index in [2.05, 4.69) is 24.9 Å². The number of aryl methyl sites for hydroxylation is 1. The number of nitrogens with zero attached hydrogens (tertiary/aromatic N) is 2. The van der Waals surface area contributed by atoms with E-state index in [1.807, 2.05) is 6.92 Å². The average molecular weight is 247 g/mol. The lowest BCUT2D eigenvalue weighted by molar-refractivity contribution is 0.334. The van der Waals surface area contributed by atoms with Gasteiger partial charge in [0.15, 0.2) is 0 Å². The Kier molecular flexibility index (Phi) is 4.33. The topological polar surface area (TPSA) is 51.8 Å². The van der Waals surface area contributed by atoms with Crippen LogP contribution in [0.4, 0.5) is 0 Å². The van der Waals surface area contributed by atoms with Crippen molar-refractivity contribution in [2.45, 2.75) is 64.8 Å². The molecule has 1 heterocycles. The summed E-state index contributed by atoms with van der Waals surface area (Å²) in [5.74, 6) is 2.42. The molecule has 0 aromatic carbocycles. The average Bonchev–Trinajstić information content (AvgIpc) is 2.27. The van der Waals surface area contributed by atoms with Crippen molar-refractivity contribution in [2.24, 2.45) is 11.7 Å². The predicted molar refractivity (Wildman–Crippen MR) is 74.5 cm³/mol. The van der Waals surface area contributed by atoms with E-state index in [1.54, 1.807) is 0 Å². The van der Waals surface area contributed by atoms with Gasteiger partial charge in [-0.25, -0.2) is 9.97 Å². The van der Waals surface area contributed by atoms with Gasteiger partial charge in [0.05, 0.1) is 0 Å². The molecule has 1 saturated carbocycles. The van der Waals surface area contributed by atoms with Crippen molar-refractivity contribution in [3.8, 4) is 0 Å². The van der Waals surface area contributed by atoms with Gasteiger partial charge in [-0.2, -0.15) is 0 Å². The Balaban J connectivity index is 2.18. The second-order valence-corrected chi connectivity index (χ2v) is 6.01. The summed E-state index contributed by atoms with van der Waals surface area (Å²) in [5.41, 5.74) is 8.04. The minimum absolute atomic E-state index is 0.164. The maximum absolute atomic E-state index is 5.86. The van der Waals surface area contributed by atoms with Crippen molar-refractivity contribution < 1.29 is 0 Å². The SMILES string of the molecule is Cc1cc(CC(C)N)nc(C2CCCC(C)C2)n1. The summed E-state index contributed by atoms with van der Waals surface area (Å²) in [6, 6.07) is 2.23. The monoisotopic (exact) mass is 247 g/mol. The minimum Gasteiger partial charge on any atom is -0.328 e. The van der Waals surface area contributed by atoms with E-state index in [0.29, 0.717) is 5.92 Å². The molecule has 18 heavy (non-hydrogen) atoms. The molecule has 3 atom stereocenters. The van der Waals surface area contributed by atoms with Gasteiger partial charge in [0.25, 0.3) is 0 Å². The normalized spacial score (nSPS) is 26.0. The molecule has 0 bridgehead atoms. The second kappa shape index (κ2) is 5.79. The van der Waals surface area contributed by atoms with Crippen molar-refractivity contribution in [3.05, 3.63) is 23.3 Å². The van der Waals surface area contributed by atoms with Crippen LogP contribution in [0.1, 0.15) is 62.7 Å². The predicted octanol–water partition coefficient (Wildman–Crippen LogP) is 2.97. The molecule has 0 amide bonds. The first kappa shape index (κ1) is 13.5. The highest BCUT2D eigenvalue weighted by atomic mass is 14.9. The highest BCUT2D eigenvalue weighted by Crippen LogP contribution is 2.34. The molecule has 100 valence electrons. The fourth-order valence-electron chi connectivity index (χ4n) is 2.94. The van der Waals surface area contributed by atoms with Gasteiger partial charge in [0.1, 0.15) is 5.82 Å². The zero-order valence-corrected chi connectivity index (χ0v) is 11.8. The van der Waals surface area contributed by atoms with Gasteiger partial charge in [0, 0.05) is 29.8 Å². The van der Waals surface area contributed by atoms with Crippen LogP contribution in [0.2, 0.25) is 0 Å². The molecule has 1 aliphatic rings. The Labute approximate surface area is 110 Å². The standard InChI is InChI=1S/C15H25N3/c1-10-5-4-6-13(7-10)15-17-12(3)9-14(18-15)8-11(2)16/h9-11,13H,4-8,16H2,1-3H3. The largest absolute Gasteiger partial charge is 0.328 e. The lowest BCUT2D eigenvalue weighted by atomic mass is 9.82. The second-order valence-electron chi connectivity index (χ2n) is 6.01. The molecule has 3 nitrogen and oxygen atoms in total. The van der Waals surface area contributed by atoms with Gasteiger partial charge in [-0.1, -0.05) is 19.8 Å². The fourth-order valence-corrected chi connectivity index (χ4v) is 2.94. The summed E-state index contributed by atoms with van der Waals surface area (Å²) in [6.07, 6.45) is 5.99. The van der Waals surface area contributed by atoms with Crippen LogP contribution in [0.15, 0.2) is 6.07 Å². The molecule has 2 rings (SSSR count). The molecule has 0 spiro atoms. The molecular formula is C15H25N3. The van der Waals surface area contributed by atoms with Crippen LogP contribution >= 0.6 is 0 Å². The van der Waals surface area contributed by atoms with E-state index in [4.69, 9.17) is 10.7 Å². The summed E-state index contributed by atoms with van der Waals surface area (Å²) in [7, 11) is 0. The zero-order valence-electron chi connectivity index (χ0n) is 11.8. The van der Waals surface area contributed by atoms with Gasteiger partial charge in [-0.05, 0) is 38.7 Å². The summed E-state index contributed by atoms with van der Waals surface area (Å²) in [4.78, 5) is 9.39. The number of rotatable bonds is 3. The molecule has 2 N–H and O–H groups in total. The maximum atomic E-state index is 5.86. The molecule has 3 unspecified atom stereocenters. The summed E-state index contributed by atoms with van der Waals surface area (Å²) in [5, 5.41) is 0. The Morgan fingerprint density at radius 1 is 1.39 bits per heavy atom. The third kappa shape index (κ3) is 3.52. The third-order valence-corrected chi connectivity index (χ3v) is 3.76. The van der Waals surface area contributed by atoms with Gasteiger partial charge >= 0.3 is 0 Å². The van der Waals surface area contributed by atoms with Crippen LogP contribution in [0.25, 0.3) is 0 Å². The van der Waals surface area contributed by atoms with Crippen LogP contribution in [0.3, 0.4) is 0 Å². The lowest BCUT2D eigenvalue weighted by Gasteiger charge is -2.26. The van der Waals surface area contributed by atoms with E-state index in [-0.39, 0.29) is 6.04 Å². The smallest absolute Gasteiger partial charge is 0.131 e. The molecule has 1 fully saturated rings. The number of hydrogen-bond donors (Lipinski definition) is 1. The summed E-state index contributed by atoms with van der Waals surface area (Å²) >= 11 is 0. The Morgan fingerprint density at radius 2 is 2.17 bits per heavy atom. The minimum atomic E-state index is 0.164. The van der Waals surface area contributed by atoms with E-state index in [0.717, 1.165) is 29.6 Å². The van der Waals surface area contributed by atoms with Crippen LogP contribution < -0.4 is 5.73 Å². The molecule has 1 aromatic heterocycles. The lowest BCUT2D eigenvalue weighted by Crippen LogP contribution is -2.20. The third-order valence-electron chi connectivity index (χ3n) is 3.76. The van der Waals surface area contributed by atoms with Gasteiger partial charge in [-0.15, -0.1) is 0 Å². The number of hydrogen-bond acceptors (Lipinski definition) is 3. The van der Waals surface area contributed by atoms with E-state index < -0.39 is 0 Å².